The van der Waals surface area contributed by atoms with Crippen molar-refractivity contribution >= 4 is 11.8 Å². The summed E-state index contributed by atoms with van der Waals surface area (Å²) in [5, 5.41) is 14.7. The first-order valence-corrected chi connectivity index (χ1v) is 3.68. The lowest BCUT2D eigenvalue weighted by Gasteiger charge is -2.22. The average Bonchev–Trinajstić information content (AvgIpc) is 2.02. The van der Waals surface area contributed by atoms with Gasteiger partial charge in [-0.05, 0) is 12.8 Å². The van der Waals surface area contributed by atoms with Gasteiger partial charge in [0.25, 0.3) is 0 Å². The van der Waals surface area contributed by atoms with Crippen LogP contribution in [-0.4, -0.2) is 26.0 Å². The highest BCUT2D eigenvalue weighted by molar-refractivity contribution is 6.04. The molecule has 0 saturated carbocycles. The van der Waals surface area contributed by atoms with E-state index in [0.717, 1.165) is 24.0 Å². The van der Waals surface area contributed by atoms with Crippen molar-refractivity contribution in [1.82, 2.24) is 0 Å². The van der Waals surface area contributed by atoms with E-state index in [9.17, 15) is 0 Å². The summed E-state index contributed by atoms with van der Waals surface area (Å²) >= 11 is 0. The highest BCUT2D eigenvalue weighted by Gasteiger charge is 2.25. The number of methoxy groups -OCH3 is 2. The van der Waals surface area contributed by atoms with Crippen LogP contribution in [0.2, 0.25) is 0 Å². The van der Waals surface area contributed by atoms with E-state index in [-0.39, 0.29) is 11.8 Å². The van der Waals surface area contributed by atoms with Gasteiger partial charge in [-0.25, -0.2) is 0 Å². The molecule has 2 N–H and O–H groups in total. The molecule has 0 aliphatic heterocycles. The van der Waals surface area contributed by atoms with Crippen LogP contribution in [0.5, 0.6) is 0 Å². The van der Waals surface area contributed by atoms with Crippen molar-refractivity contribution < 1.29 is 9.47 Å². The van der Waals surface area contributed by atoms with E-state index in [0.29, 0.717) is 0 Å². The first-order chi connectivity index (χ1) is 5.70. The Hall–Kier alpha value is -1.32. The normalized spacial score (nSPS) is 15.2. The number of rotatable bonds is 2. The van der Waals surface area contributed by atoms with Crippen LogP contribution in [0.1, 0.15) is 12.8 Å². The van der Waals surface area contributed by atoms with E-state index >= 15 is 0 Å². The van der Waals surface area contributed by atoms with Crippen molar-refractivity contribution in [2.45, 2.75) is 12.8 Å². The van der Waals surface area contributed by atoms with Gasteiger partial charge < -0.3 is 9.47 Å². The van der Waals surface area contributed by atoms with Crippen LogP contribution in [0.25, 0.3) is 0 Å². The monoisotopic (exact) mass is 168 g/mol. The molecule has 1 rings (SSSR count). The molecule has 0 aromatic carbocycles. The second-order valence-electron chi connectivity index (χ2n) is 2.52. The molecule has 1 aliphatic carbocycles. The lowest BCUT2D eigenvalue weighted by Crippen LogP contribution is -2.20. The summed E-state index contributed by atoms with van der Waals surface area (Å²) in [6, 6.07) is 0. The maximum absolute atomic E-state index is 7.36. The quantitative estimate of drug-likeness (QED) is 0.482. The van der Waals surface area contributed by atoms with Crippen LogP contribution in [0.15, 0.2) is 11.1 Å². The molecule has 0 aromatic rings. The standard InChI is InChI=1S/C8H12N2O2/c1-11-7(9)5-3-4-6(5)8(10)12-2/h9-10H,3-4H2,1-2H3. The molecule has 0 radical (unpaired) electrons. The summed E-state index contributed by atoms with van der Waals surface area (Å²) in [6.07, 6.45) is 1.63. The van der Waals surface area contributed by atoms with Gasteiger partial charge in [-0.1, -0.05) is 0 Å². The zero-order valence-corrected chi connectivity index (χ0v) is 7.23. The van der Waals surface area contributed by atoms with E-state index in [1.54, 1.807) is 0 Å². The molecular formula is C8H12N2O2. The summed E-state index contributed by atoms with van der Waals surface area (Å²) < 4.78 is 9.50. The number of nitrogens with one attached hydrogen (secondary N) is 2. The fraction of sp³-hybridized carbons (Fsp3) is 0.500. The summed E-state index contributed by atoms with van der Waals surface area (Å²) in [6.45, 7) is 0. The Labute approximate surface area is 71.2 Å². The van der Waals surface area contributed by atoms with E-state index < -0.39 is 0 Å². The van der Waals surface area contributed by atoms with Crippen molar-refractivity contribution in [2.75, 3.05) is 14.2 Å². The average molecular weight is 168 g/mol. The van der Waals surface area contributed by atoms with E-state index in [1.807, 2.05) is 0 Å². The molecule has 0 bridgehead atoms. The second kappa shape index (κ2) is 3.38. The van der Waals surface area contributed by atoms with Gasteiger partial charge in [-0.3, -0.25) is 10.8 Å². The fourth-order valence-electron chi connectivity index (χ4n) is 1.12. The Balaban J connectivity index is 2.78. The third-order valence-corrected chi connectivity index (χ3v) is 1.95. The highest BCUT2D eigenvalue weighted by atomic mass is 16.5. The largest absolute Gasteiger partial charge is 0.481 e. The first kappa shape index (κ1) is 8.77. The molecule has 1 aliphatic rings. The Morgan fingerprint density at radius 3 is 1.50 bits per heavy atom. The van der Waals surface area contributed by atoms with Crippen LogP contribution in [-0.2, 0) is 9.47 Å². The molecule has 12 heavy (non-hydrogen) atoms. The molecule has 0 aromatic heterocycles. The summed E-state index contributed by atoms with van der Waals surface area (Å²) in [5.41, 5.74) is 1.59. The third kappa shape index (κ3) is 1.32. The van der Waals surface area contributed by atoms with E-state index in [2.05, 4.69) is 0 Å². The maximum atomic E-state index is 7.36. The first-order valence-electron chi connectivity index (χ1n) is 3.68. The van der Waals surface area contributed by atoms with Gasteiger partial charge in [0.05, 0.1) is 14.2 Å². The van der Waals surface area contributed by atoms with Crippen LogP contribution < -0.4 is 0 Å². The van der Waals surface area contributed by atoms with Gasteiger partial charge in [-0.15, -0.1) is 0 Å². The number of ether oxygens (including phenoxy) is 2. The van der Waals surface area contributed by atoms with Crippen LogP contribution >= 0.6 is 0 Å². The molecule has 4 heteroatoms. The topological polar surface area (TPSA) is 66.2 Å². The second-order valence-corrected chi connectivity index (χ2v) is 2.52. The fourth-order valence-corrected chi connectivity index (χ4v) is 1.12. The van der Waals surface area contributed by atoms with Gasteiger partial charge >= 0.3 is 0 Å². The minimum atomic E-state index is 0.151. The van der Waals surface area contributed by atoms with Gasteiger partial charge in [-0.2, -0.15) is 0 Å². The molecule has 66 valence electrons. The molecule has 0 spiro atoms. The maximum Gasteiger partial charge on any atom is 0.209 e. The molecular weight excluding hydrogens is 156 g/mol. The van der Waals surface area contributed by atoms with E-state index in [4.69, 9.17) is 20.3 Å². The van der Waals surface area contributed by atoms with Crippen molar-refractivity contribution in [2.24, 2.45) is 0 Å². The molecule has 0 heterocycles. The molecule has 0 unspecified atom stereocenters. The Bertz CT molecular complexity index is 230. The molecule has 4 nitrogen and oxygen atoms in total. The lowest BCUT2D eigenvalue weighted by atomic mass is 9.88. The number of hydrogen-bond acceptors (Lipinski definition) is 4. The van der Waals surface area contributed by atoms with Gasteiger partial charge in [0.1, 0.15) is 0 Å². The van der Waals surface area contributed by atoms with Crippen molar-refractivity contribution in [1.29, 1.82) is 10.8 Å². The minimum Gasteiger partial charge on any atom is -0.481 e. The molecule has 0 atom stereocenters. The lowest BCUT2D eigenvalue weighted by molar-refractivity contribution is 0.385. The predicted octanol–water partition coefficient (Wildman–Crippen LogP) is 1.32. The molecule has 0 amide bonds. The van der Waals surface area contributed by atoms with Crippen LogP contribution in [0.3, 0.4) is 0 Å². The zero-order chi connectivity index (χ0) is 9.14. The Morgan fingerprint density at radius 2 is 1.33 bits per heavy atom. The van der Waals surface area contributed by atoms with Gasteiger partial charge in [0.15, 0.2) is 0 Å². The number of hydrogen-bond donors (Lipinski definition) is 2. The van der Waals surface area contributed by atoms with Gasteiger partial charge in [0.2, 0.25) is 11.8 Å². The van der Waals surface area contributed by atoms with Crippen LogP contribution in [0.4, 0.5) is 0 Å². The Morgan fingerprint density at radius 1 is 1.00 bits per heavy atom. The molecule has 0 fully saturated rings. The van der Waals surface area contributed by atoms with Gasteiger partial charge in [0, 0.05) is 11.1 Å². The van der Waals surface area contributed by atoms with Crippen molar-refractivity contribution in [3.05, 3.63) is 11.1 Å². The predicted molar refractivity (Wildman–Crippen MR) is 45.7 cm³/mol. The van der Waals surface area contributed by atoms with Crippen molar-refractivity contribution in [3.8, 4) is 0 Å². The summed E-state index contributed by atoms with van der Waals surface area (Å²) in [4.78, 5) is 0. The van der Waals surface area contributed by atoms with Crippen LogP contribution in [0, 0.1) is 10.8 Å². The SMILES string of the molecule is COC(=N)C1=C(C(=N)OC)CC1. The summed E-state index contributed by atoms with van der Waals surface area (Å²) in [7, 11) is 2.92. The summed E-state index contributed by atoms with van der Waals surface area (Å²) in [5.74, 6) is 0.302. The van der Waals surface area contributed by atoms with E-state index in [1.165, 1.54) is 14.2 Å². The zero-order valence-electron chi connectivity index (χ0n) is 7.23. The van der Waals surface area contributed by atoms with Crippen molar-refractivity contribution in [3.63, 3.8) is 0 Å². The Kier molecular flexibility index (Phi) is 2.47. The minimum absolute atomic E-state index is 0.151. The molecule has 0 saturated heterocycles. The highest BCUT2D eigenvalue weighted by Crippen LogP contribution is 2.29. The smallest absolute Gasteiger partial charge is 0.209 e. The third-order valence-electron chi connectivity index (χ3n) is 1.95.